The molecule has 1 saturated heterocycles. The van der Waals surface area contributed by atoms with Gasteiger partial charge in [0.2, 0.25) is 0 Å². The fraction of sp³-hybridized carbons (Fsp3) is 0.400. The van der Waals surface area contributed by atoms with Gasteiger partial charge in [-0.05, 0) is 0 Å². The monoisotopic (exact) mass is 269 g/mol. The van der Waals surface area contributed by atoms with Gasteiger partial charge in [-0.25, -0.2) is 9.97 Å². The highest BCUT2D eigenvalue weighted by Crippen LogP contribution is 2.28. The highest BCUT2D eigenvalue weighted by molar-refractivity contribution is 7.99. The summed E-state index contributed by atoms with van der Waals surface area (Å²) in [6, 6.07) is 0.427. The molecule has 0 aliphatic carbocycles. The topological polar surface area (TPSA) is 37.8 Å². The Kier molecular flexibility index (Phi) is 3.23. The summed E-state index contributed by atoms with van der Waals surface area (Å²) < 4.78 is 0. The van der Waals surface area contributed by atoms with Gasteiger partial charge >= 0.3 is 0 Å². The maximum Gasteiger partial charge on any atom is 0.111 e. The van der Waals surface area contributed by atoms with E-state index in [0.717, 1.165) is 23.7 Å². The number of aromatic nitrogens is 2. The van der Waals surface area contributed by atoms with Gasteiger partial charge in [0.1, 0.15) is 16.4 Å². The van der Waals surface area contributed by atoms with Gasteiger partial charge in [-0.3, -0.25) is 0 Å². The Morgan fingerprint density at radius 2 is 2.31 bits per heavy atom. The molecule has 1 N–H and O–H groups in total. The predicted molar refractivity (Wildman–Crippen MR) is 71.3 cm³/mol. The van der Waals surface area contributed by atoms with Crippen molar-refractivity contribution in [2.24, 2.45) is 0 Å². The largest absolute Gasteiger partial charge is 0.306 e. The molecule has 1 atom stereocenters. The van der Waals surface area contributed by atoms with Gasteiger partial charge < -0.3 is 5.32 Å². The number of thiazole rings is 2. The Morgan fingerprint density at radius 3 is 3.06 bits per heavy atom. The molecule has 1 aliphatic rings. The van der Waals surface area contributed by atoms with E-state index in [2.05, 4.69) is 20.7 Å². The van der Waals surface area contributed by atoms with Crippen LogP contribution in [0.25, 0.3) is 11.4 Å². The first-order chi connectivity index (χ1) is 7.93. The average molecular weight is 269 g/mol. The van der Waals surface area contributed by atoms with Gasteiger partial charge in [-0.15, -0.1) is 22.7 Å². The van der Waals surface area contributed by atoms with E-state index in [1.54, 1.807) is 22.7 Å². The number of hydrogen-bond acceptors (Lipinski definition) is 6. The van der Waals surface area contributed by atoms with Crippen LogP contribution in [0.2, 0.25) is 0 Å². The molecule has 3 rings (SSSR count). The zero-order chi connectivity index (χ0) is 10.8. The molecule has 1 unspecified atom stereocenters. The molecule has 16 heavy (non-hydrogen) atoms. The molecule has 2 aromatic heterocycles. The SMILES string of the molecule is c1nc(-c2csc(C3CSCCN3)n2)cs1. The van der Waals surface area contributed by atoms with Crippen molar-refractivity contribution < 1.29 is 0 Å². The molecule has 1 fully saturated rings. The minimum Gasteiger partial charge on any atom is -0.306 e. The molecule has 6 heteroatoms. The summed E-state index contributed by atoms with van der Waals surface area (Å²) in [6.45, 7) is 1.08. The summed E-state index contributed by atoms with van der Waals surface area (Å²) in [7, 11) is 0. The molecule has 1 aliphatic heterocycles. The Bertz CT molecular complexity index is 446. The van der Waals surface area contributed by atoms with Gasteiger partial charge in [0.05, 0.1) is 11.6 Å². The van der Waals surface area contributed by atoms with Crippen LogP contribution in [-0.2, 0) is 0 Å². The van der Waals surface area contributed by atoms with Gasteiger partial charge in [-0.1, -0.05) is 0 Å². The van der Waals surface area contributed by atoms with Crippen molar-refractivity contribution in [1.82, 2.24) is 15.3 Å². The minimum absolute atomic E-state index is 0.427. The molecular weight excluding hydrogens is 258 g/mol. The third-order valence-electron chi connectivity index (χ3n) is 2.44. The van der Waals surface area contributed by atoms with E-state index in [0.29, 0.717) is 6.04 Å². The quantitative estimate of drug-likeness (QED) is 0.909. The van der Waals surface area contributed by atoms with Gasteiger partial charge in [0.25, 0.3) is 0 Å². The second-order valence-electron chi connectivity index (χ2n) is 3.53. The van der Waals surface area contributed by atoms with Crippen molar-refractivity contribution in [3.05, 3.63) is 21.3 Å². The molecule has 0 aromatic carbocycles. The van der Waals surface area contributed by atoms with Gasteiger partial charge in [-0.2, -0.15) is 11.8 Å². The Balaban J connectivity index is 1.82. The number of thioether (sulfide) groups is 1. The second kappa shape index (κ2) is 4.83. The summed E-state index contributed by atoms with van der Waals surface area (Å²) in [5.74, 6) is 2.34. The molecule has 0 bridgehead atoms. The van der Waals surface area contributed by atoms with Crippen LogP contribution in [0.1, 0.15) is 11.0 Å². The molecule has 0 amide bonds. The number of hydrogen-bond donors (Lipinski definition) is 1. The molecule has 2 aromatic rings. The molecule has 0 saturated carbocycles. The van der Waals surface area contributed by atoms with Crippen molar-refractivity contribution in [3.63, 3.8) is 0 Å². The maximum atomic E-state index is 4.66. The highest BCUT2D eigenvalue weighted by Gasteiger charge is 2.18. The molecule has 3 heterocycles. The zero-order valence-corrected chi connectivity index (χ0v) is 11.0. The van der Waals surface area contributed by atoms with Crippen LogP contribution in [0.15, 0.2) is 16.3 Å². The smallest absolute Gasteiger partial charge is 0.111 e. The lowest BCUT2D eigenvalue weighted by atomic mass is 10.3. The first-order valence-electron chi connectivity index (χ1n) is 5.08. The maximum absolute atomic E-state index is 4.66. The average Bonchev–Trinajstić information content (AvgIpc) is 3.01. The third kappa shape index (κ3) is 2.15. The van der Waals surface area contributed by atoms with Crippen LogP contribution in [0, 0.1) is 0 Å². The van der Waals surface area contributed by atoms with Crippen LogP contribution in [0.4, 0.5) is 0 Å². The first kappa shape index (κ1) is 10.7. The van der Waals surface area contributed by atoms with Crippen LogP contribution in [0.5, 0.6) is 0 Å². The lowest BCUT2D eigenvalue weighted by Gasteiger charge is -2.20. The predicted octanol–water partition coefficient (Wildman–Crippen LogP) is 2.64. The van der Waals surface area contributed by atoms with Crippen LogP contribution >= 0.6 is 34.4 Å². The Morgan fingerprint density at radius 1 is 1.31 bits per heavy atom. The fourth-order valence-corrected chi connectivity index (χ4v) is 4.11. The summed E-state index contributed by atoms with van der Waals surface area (Å²) in [4.78, 5) is 8.95. The van der Waals surface area contributed by atoms with E-state index < -0.39 is 0 Å². The number of nitrogens with zero attached hydrogens (tertiary/aromatic N) is 2. The van der Waals surface area contributed by atoms with Crippen LogP contribution < -0.4 is 5.32 Å². The second-order valence-corrected chi connectivity index (χ2v) is 6.28. The fourth-order valence-electron chi connectivity index (χ4n) is 1.63. The summed E-state index contributed by atoms with van der Waals surface area (Å²) in [6.07, 6.45) is 0. The summed E-state index contributed by atoms with van der Waals surface area (Å²) in [5.41, 5.74) is 3.86. The molecule has 3 nitrogen and oxygen atoms in total. The standard InChI is InChI=1S/C10H11N3S3/c1-2-14-4-9(11-1)10-13-8(5-16-10)7-3-15-6-12-7/h3,5-6,9,11H,1-2,4H2. The van der Waals surface area contributed by atoms with E-state index in [4.69, 9.17) is 0 Å². The van der Waals surface area contributed by atoms with E-state index in [1.807, 2.05) is 22.7 Å². The molecule has 0 radical (unpaired) electrons. The van der Waals surface area contributed by atoms with Gasteiger partial charge in [0, 0.05) is 28.8 Å². The van der Waals surface area contributed by atoms with Crippen molar-refractivity contribution in [2.45, 2.75) is 6.04 Å². The first-order valence-corrected chi connectivity index (χ1v) is 8.06. The lowest BCUT2D eigenvalue weighted by molar-refractivity contribution is 0.592. The summed E-state index contributed by atoms with van der Waals surface area (Å²) in [5, 5.41) is 8.84. The number of nitrogens with one attached hydrogen (secondary N) is 1. The van der Waals surface area contributed by atoms with Crippen LogP contribution in [0.3, 0.4) is 0 Å². The van der Waals surface area contributed by atoms with E-state index in [-0.39, 0.29) is 0 Å². The van der Waals surface area contributed by atoms with Gasteiger partial charge in [0.15, 0.2) is 0 Å². The third-order valence-corrected chi connectivity index (χ3v) is 5.04. The Hall–Kier alpha value is -0.430. The van der Waals surface area contributed by atoms with Crippen molar-refractivity contribution in [3.8, 4) is 11.4 Å². The normalized spacial score (nSPS) is 21.1. The molecular formula is C10H11N3S3. The van der Waals surface area contributed by atoms with E-state index in [9.17, 15) is 0 Å². The minimum atomic E-state index is 0.427. The highest BCUT2D eigenvalue weighted by atomic mass is 32.2. The van der Waals surface area contributed by atoms with Crippen LogP contribution in [-0.4, -0.2) is 28.0 Å². The zero-order valence-electron chi connectivity index (χ0n) is 8.55. The van der Waals surface area contributed by atoms with Crippen molar-refractivity contribution in [2.75, 3.05) is 18.1 Å². The van der Waals surface area contributed by atoms with Crippen molar-refractivity contribution in [1.29, 1.82) is 0 Å². The summed E-state index contributed by atoms with van der Waals surface area (Å²) >= 11 is 5.34. The number of rotatable bonds is 2. The molecule has 0 spiro atoms. The lowest BCUT2D eigenvalue weighted by Crippen LogP contribution is -2.30. The molecule has 84 valence electrons. The van der Waals surface area contributed by atoms with Crippen molar-refractivity contribution >= 4 is 34.4 Å². The van der Waals surface area contributed by atoms with E-state index >= 15 is 0 Å². The Labute approximate surface area is 106 Å². The van der Waals surface area contributed by atoms with E-state index in [1.165, 1.54) is 10.8 Å².